The lowest BCUT2D eigenvalue weighted by molar-refractivity contribution is -0.146. The number of aliphatic hydroxyl groups is 1. The van der Waals surface area contributed by atoms with Crippen molar-refractivity contribution < 1.29 is 33.6 Å². The number of hydrogen-bond acceptors (Lipinski definition) is 8. The van der Waals surface area contributed by atoms with Crippen LogP contribution >= 0.6 is 0 Å². The summed E-state index contributed by atoms with van der Waals surface area (Å²) in [6.07, 6.45) is 0. The number of rotatable bonds is 18. The molecule has 0 fully saturated rings. The molecule has 0 saturated heterocycles. The minimum atomic E-state index is -0.253. The fraction of sp³-hybridized carbons (Fsp3) is 0.650. The molecule has 0 saturated carbocycles. The van der Waals surface area contributed by atoms with Crippen molar-refractivity contribution in [3.63, 3.8) is 0 Å². The van der Waals surface area contributed by atoms with Gasteiger partial charge in [0.1, 0.15) is 6.61 Å². The van der Waals surface area contributed by atoms with Crippen LogP contribution in [0.2, 0.25) is 0 Å². The van der Waals surface area contributed by atoms with Crippen LogP contribution in [0.5, 0.6) is 0 Å². The van der Waals surface area contributed by atoms with Crippen LogP contribution in [-0.4, -0.2) is 95.6 Å². The summed E-state index contributed by atoms with van der Waals surface area (Å²) in [5.41, 5.74) is 0.974. The predicted octanol–water partition coefficient (Wildman–Crippen LogP) is 0.720. The zero-order valence-corrected chi connectivity index (χ0v) is 16.7. The van der Waals surface area contributed by atoms with E-state index in [0.29, 0.717) is 66.0 Å². The number of carbonyl (C=O) groups excluding carboxylic acids is 1. The number of aliphatic hydroxyl groups excluding tert-OH is 1. The number of esters is 1. The molecular weight excluding hydrogens is 366 g/mol. The van der Waals surface area contributed by atoms with Gasteiger partial charge in [0.2, 0.25) is 0 Å². The summed E-state index contributed by atoms with van der Waals surface area (Å²) in [7, 11) is 1.85. The molecule has 0 heterocycles. The van der Waals surface area contributed by atoms with E-state index in [1.807, 2.05) is 42.3 Å². The van der Waals surface area contributed by atoms with Gasteiger partial charge in [-0.15, -0.1) is 0 Å². The summed E-state index contributed by atoms with van der Waals surface area (Å²) in [5.74, 6) is -0.253. The predicted molar refractivity (Wildman–Crippen MR) is 104 cm³/mol. The van der Waals surface area contributed by atoms with Crippen LogP contribution in [0, 0.1) is 0 Å². The lowest BCUT2D eigenvalue weighted by atomic mass is 10.2. The first-order valence-corrected chi connectivity index (χ1v) is 9.52. The number of ether oxygens (including phenoxy) is 5. The van der Waals surface area contributed by atoms with Crippen LogP contribution in [0.25, 0.3) is 0 Å². The van der Waals surface area contributed by atoms with Gasteiger partial charge >= 0.3 is 5.97 Å². The summed E-state index contributed by atoms with van der Waals surface area (Å²) < 4.78 is 26.5. The molecule has 8 heteroatoms. The number of hydrogen-bond donors (Lipinski definition) is 1. The second kappa shape index (κ2) is 17.5. The maximum Gasteiger partial charge on any atom is 0.320 e. The van der Waals surface area contributed by atoms with Crippen molar-refractivity contribution in [1.82, 2.24) is 4.90 Å². The molecule has 160 valence electrons. The Morgan fingerprint density at radius 1 is 0.857 bits per heavy atom. The fourth-order valence-electron chi connectivity index (χ4n) is 2.13. The molecule has 1 aromatic carbocycles. The van der Waals surface area contributed by atoms with Crippen LogP contribution in [0.3, 0.4) is 0 Å². The SMILES string of the molecule is CN(CCOCCOCCOCCOCCO)CC(=O)OCc1ccccc1. The number of nitrogens with zero attached hydrogens (tertiary/aromatic N) is 1. The molecule has 0 unspecified atom stereocenters. The van der Waals surface area contributed by atoms with Crippen molar-refractivity contribution in [2.24, 2.45) is 0 Å². The zero-order chi connectivity index (χ0) is 20.3. The second-order valence-electron chi connectivity index (χ2n) is 6.06. The highest BCUT2D eigenvalue weighted by Crippen LogP contribution is 2.01. The topological polar surface area (TPSA) is 86.7 Å². The summed E-state index contributed by atoms with van der Waals surface area (Å²) >= 11 is 0. The van der Waals surface area contributed by atoms with E-state index in [4.69, 9.17) is 28.8 Å². The van der Waals surface area contributed by atoms with E-state index in [9.17, 15) is 4.79 Å². The Morgan fingerprint density at radius 3 is 1.96 bits per heavy atom. The Morgan fingerprint density at radius 2 is 1.39 bits per heavy atom. The first kappa shape index (κ1) is 24.5. The Bertz CT molecular complexity index is 487. The summed E-state index contributed by atoms with van der Waals surface area (Å²) in [6.45, 7) is 4.97. The Labute approximate surface area is 167 Å². The molecule has 8 nitrogen and oxygen atoms in total. The third kappa shape index (κ3) is 14.5. The number of likely N-dealkylation sites (N-methyl/N-ethyl adjacent to an activating group) is 1. The number of benzene rings is 1. The smallest absolute Gasteiger partial charge is 0.320 e. The molecule has 0 radical (unpaired) electrons. The Kier molecular flexibility index (Phi) is 15.3. The molecule has 0 aromatic heterocycles. The average molecular weight is 399 g/mol. The van der Waals surface area contributed by atoms with E-state index in [2.05, 4.69) is 0 Å². The normalized spacial score (nSPS) is 11.1. The standard InChI is InChI=1S/C20H33NO7/c1-21(17-20(23)28-18-19-5-3-2-4-6-19)7-9-24-11-13-26-15-16-27-14-12-25-10-8-22/h2-6,22H,7-18H2,1H3. The van der Waals surface area contributed by atoms with E-state index in [1.54, 1.807) is 0 Å². The number of carbonyl (C=O) groups is 1. The van der Waals surface area contributed by atoms with Gasteiger partial charge in [0, 0.05) is 6.54 Å². The minimum Gasteiger partial charge on any atom is -0.460 e. The van der Waals surface area contributed by atoms with Gasteiger partial charge in [-0.3, -0.25) is 9.69 Å². The lowest BCUT2D eigenvalue weighted by Gasteiger charge is -2.16. The average Bonchev–Trinajstić information content (AvgIpc) is 2.70. The maximum atomic E-state index is 11.8. The summed E-state index contributed by atoms with van der Waals surface area (Å²) in [4.78, 5) is 13.7. The molecule has 0 aliphatic carbocycles. The van der Waals surface area contributed by atoms with Crippen molar-refractivity contribution in [1.29, 1.82) is 0 Å². The van der Waals surface area contributed by atoms with E-state index >= 15 is 0 Å². The van der Waals surface area contributed by atoms with Crippen LogP contribution in [-0.2, 0) is 35.1 Å². The molecule has 0 atom stereocenters. The molecule has 1 aromatic rings. The van der Waals surface area contributed by atoms with Crippen molar-refractivity contribution in [2.75, 3.05) is 79.6 Å². The summed E-state index contributed by atoms with van der Waals surface area (Å²) in [6, 6.07) is 9.61. The van der Waals surface area contributed by atoms with Crippen molar-refractivity contribution in [2.45, 2.75) is 6.61 Å². The molecular formula is C20H33NO7. The van der Waals surface area contributed by atoms with Gasteiger partial charge in [0.25, 0.3) is 0 Å². The van der Waals surface area contributed by atoms with E-state index in [-0.39, 0.29) is 19.1 Å². The summed E-state index contributed by atoms with van der Waals surface area (Å²) in [5, 5.41) is 8.54. The third-order valence-electron chi connectivity index (χ3n) is 3.61. The van der Waals surface area contributed by atoms with Crippen molar-refractivity contribution in [3.8, 4) is 0 Å². The first-order valence-electron chi connectivity index (χ1n) is 9.52. The Hall–Kier alpha value is -1.55. The highest BCUT2D eigenvalue weighted by atomic mass is 16.6. The largest absolute Gasteiger partial charge is 0.460 e. The van der Waals surface area contributed by atoms with E-state index in [1.165, 1.54) is 0 Å². The first-order chi connectivity index (χ1) is 13.7. The van der Waals surface area contributed by atoms with Crippen LogP contribution in [0.4, 0.5) is 0 Å². The lowest BCUT2D eigenvalue weighted by Crippen LogP contribution is -2.30. The molecule has 1 N–H and O–H groups in total. The molecule has 0 amide bonds. The van der Waals surface area contributed by atoms with Gasteiger partial charge in [-0.2, -0.15) is 0 Å². The van der Waals surface area contributed by atoms with Crippen molar-refractivity contribution >= 4 is 5.97 Å². The Balaban J connectivity index is 1.86. The van der Waals surface area contributed by atoms with Gasteiger partial charge in [0.05, 0.1) is 66.0 Å². The quantitative estimate of drug-likeness (QED) is 0.285. The monoisotopic (exact) mass is 399 g/mol. The van der Waals surface area contributed by atoms with Crippen LogP contribution < -0.4 is 0 Å². The maximum absolute atomic E-state index is 11.8. The van der Waals surface area contributed by atoms with Gasteiger partial charge in [-0.25, -0.2) is 0 Å². The van der Waals surface area contributed by atoms with Gasteiger partial charge in [-0.05, 0) is 12.6 Å². The van der Waals surface area contributed by atoms with Crippen molar-refractivity contribution in [3.05, 3.63) is 35.9 Å². The van der Waals surface area contributed by atoms with Crippen LogP contribution in [0.1, 0.15) is 5.56 Å². The van der Waals surface area contributed by atoms with Gasteiger partial charge in [0.15, 0.2) is 0 Å². The van der Waals surface area contributed by atoms with Crippen LogP contribution in [0.15, 0.2) is 30.3 Å². The third-order valence-corrected chi connectivity index (χ3v) is 3.61. The highest BCUT2D eigenvalue weighted by Gasteiger charge is 2.08. The molecule has 0 aliphatic rings. The minimum absolute atomic E-state index is 0.0250. The zero-order valence-electron chi connectivity index (χ0n) is 16.7. The highest BCUT2D eigenvalue weighted by molar-refractivity contribution is 5.71. The molecule has 1 rings (SSSR count). The van der Waals surface area contributed by atoms with E-state index in [0.717, 1.165) is 5.56 Å². The second-order valence-corrected chi connectivity index (χ2v) is 6.06. The molecule has 28 heavy (non-hydrogen) atoms. The molecule has 0 bridgehead atoms. The molecule has 0 aliphatic heterocycles. The fourth-order valence-corrected chi connectivity index (χ4v) is 2.13. The van der Waals surface area contributed by atoms with Gasteiger partial charge in [-0.1, -0.05) is 30.3 Å². The van der Waals surface area contributed by atoms with E-state index < -0.39 is 0 Å². The molecule has 0 spiro atoms. The van der Waals surface area contributed by atoms with Gasteiger partial charge < -0.3 is 28.8 Å².